The number of rotatable bonds is 8. The van der Waals surface area contributed by atoms with E-state index in [1.54, 1.807) is 14.2 Å². The third-order valence-electron chi connectivity index (χ3n) is 4.72. The summed E-state index contributed by atoms with van der Waals surface area (Å²) in [7, 11) is 3.26. The van der Waals surface area contributed by atoms with Crippen LogP contribution in [-0.4, -0.2) is 75.8 Å². The Kier molecular flexibility index (Phi) is 10.8. The van der Waals surface area contributed by atoms with Gasteiger partial charge in [-0.3, -0.25) is 4.99 Å². The van der Waals surface area contributed by atoms with Gasteiger partial charge in [0, 0.05) is 45.3 Å². The molecule has 0 spiro atoms. The first-order chi connectivity index (χ1) is 12.5. The van der Waals surface area contributed by atoms with Crippen LogP contribution in [0.15, 0.2) is 23.2 Å². The lowest BCUT2D eigenvalue weighted by molar-refractivity contribution is 0.125. The quantitative estimate of drug-likeness (QED) is 0.331. The van der Waals surface area contributed by atoms with Gasteiger partial charge in [0.25, 0.3) is 0 Å². The van der Waals surface area contributed by atoms with E-state index in [0.29, 0.717) is 24.2 Å². The van der Waals surface area contributed by atoms with Crippen molar-refractivity contribution in [2.24, 2.45) is 16.6 Å². The van der Waals surface area contributed by atoms with Gasteiger partial charge in [-0.1, -0.05) is 13.8 Å². The lowest BCUT2D eigenvalue weighted by Gasteiger charge is -2.35. The van der Waals surface area contributed by atoms with E-state index < -0.39 is 0 Å². The molecule has 1 aromatic carbocycles. The summed E-state index contributed by atoms with van der Waals surface area (Å²) in [4.78, 5) is 9.50. The SMILES string of the molecule is CCN1CCN(CC(C)CN=C(N)Nc2cc(OC)ccc2OC)CC1.I. The molecule has 1 aliphatic heterocycles. The minimum absolute atomic E-state index is 0. The molecule has 1 aliphatic rings. The van der Waals surface area contributed by atoms with E-state index in [9.17, 15) is 0 Å². The molecule has 8 heteroatoms. The van der Waals surface area contributed by atoms with Crippen LogP contribution in [0.2, 0.25) is 0 Å². The van der Waals surface area contributed by atoms with Crippen LogP contribution in [0.1, 0.15) is 13.8 Å². The van der Waals surface area contributed by atoms with E-state index in [1.807, 2.05) is 18.2 Å². The van der Waals surface area contributed by atoms with Gasteiger partial charge in [0.15, 0.2) is 5.96 Å². The smallest absolute Gasteiger partial charge is 0.193 e. The van der Waals surface area contributed by atoms with E-state index in [0.717, 1.165) is 50.7 Å². The number of hydrogen-bond donors (Lipinski definition) is 2. The Morgan fingerprint density at radius 2 is 1.85 bits per heavy atom. The molecule has 7 nitrogen and oxygen atoms in total. The van der Waals surface area contributed by atoms with E-state index in [4.69, 9.17) is 15.2 Å². The first-order valence-corrected chi connectivity index (χ1v) is 9.29. The Hall–Kier alpha value is -1.26. The van der Waals surface area contributed by atoms with Crippen molar-refractivity contribution in [3.63, 3.8) is 0 Å². The van der Waals surface area contributed by atoms with Crippen molar-refractivity contribution >= 4 is 35.6 Å². The maximum atomic E-state index is 6.06. The van der Waals surface area contributed by atoms with Gasteiger partial charge in [-0.15, -0.1) is 24.0 Å². The molecule has 154 valence electrons. The molecule has 2 rings (SSSR count). The Bertz CT molecular complexity index is 591. The zero-order chi connectivity index (χ0) is 18.9. The van der Waals surface area contributed by atoms with Gasteiger partial charge in [-0.25, -0.2) is 0 Å². The molecule has 1 fully saturated rings. The third kappa shape index (κ3) is 7.71. The Balaban J connectivity index is 0.00000364. The van der Waals surface area contributed by atoms with E-state index >= 15 is 0 Å². The average molecular weight is 491 g/mol. The molecular formula is C19H34IN5O2. The van der Waals surface area contributed by atoms with Crippen LogP contribution < -0.4 is 20.5 Å². The zero-order valence-electron chi connectivity index (χ0n) is 16.9. The van der Waals surface area contributed by atoms with Gasteiger partial charge in [-0.05, 0) is 24.6 Å². The molecule has 0 bridgehead atoms. The minimum atomic E-state index is 0. The summed E-state index contributed by atoms with van der Waals surface area (Å²) < 4.78 is 10.6. The molecule has 0 aromatic heterocycles. The molecule has 0 amide bonds. The molecule has 3 N–H and O–H groups in total. The summed E-state index contributed by atoms with van der Waals surface area (Å²) in [5, 5.41) is 3.11. The summed E-state index contributed by atoms with van der Waals surface area (Å²) in [5.74, 6) is 2.28. The van der Waals surface area contributed by atoms with E-state index in [2.05, 4.69) is 34.0 Å². The highest BCUT2D eigenvalue weighted by Gasteiger charge is 2.17. The highest BCUT2D eigenvalue weighted by atomic mass is 127. The summed E-state index contributed by atoms with van der Waals surface area (Å²) in [6.45, 7) is 11.9. The van der Waals surface area contributed by atoms with Crippen molar-refractivity contribution in [2.45, 2.75) is 13.8 Å². The Morgan fingerprint density at radius 1 is 1.19 bits per heavy atom. The van der Waals surface area contributed by atoms with Gasteiger partial charge in [0.2, 0.25) is 0 Å². The highest BCUT2D eigenvalue weighted by molar-refractivity contribution is 14.0. The summed E-state index contributed by atoms with van der Waals surface area (Å²) in [6.07, 6.45) is 0. The van der Waals surface area contributed by atoms with Gasteiger partial charge in [0.1, 0.15) is 11.5 Å². The highest BCUT2D eigenvalue weighted by Crippen LogP contribution is 2.28. The molecule has 0 saturated carbocycles. The van der Waals surface area contributed by atoms with Crippen molar-refractivity contribution in [2.75, 3.05) is 65.3 Å². The monoisotopic (exact) mass is 491 g/mol. The summed E-state index contributed by atoms with van der Waals surface area (Å²) in [5.41, 5.74) is 6.81. The first kappa shape index (κ1) is 23.8. The molecule has 1 heterocycles. The fourth-order valence-corrected chi connectivity index (χ4v) is 3.13. The lowest BCUT2D eigenvalue weighted by atomic mass is 10.1. The molecule has 0 radical (unpaired) electrons. The largest absolute Gasteiger partial charge is 0.497 e. The van der Waals surface area contributed by atoms with Crippen molar-refractivity contribution in [1.82, 2.24) is 9.80 Å². The van der Waals surface area contributed by atoms with Gasteiger partial charge in [0.05, 0.1) is 19.9 Å². The normalized spacial score (nSPS) is 17.1. The number of nitrogens with one attached hydrogen (secondary N) is 1. The molecule has 1 unspecified atom stereocenters. The number of methoxy groups -OCH3 is 2. The van der Waals surface area contributed by atoms with Gasteiger partial charge >= 0.3 is 0 Å². The second-order valence-electron chi connectivity index (χ2n) is 6.76. The van der Waals surface area contributed by atoms with E-state index in [1.165, 1.54) is 0 Å². The lowest BCUT2D eigenvalue weighted by Crippen LogP contribution is -2.47. The molecule has 27 heavy (non-hydrogen) atoms. The van der Waals surface area contributed by atoms with Crippen LogP contribution in [0, 0.1) is 5.92 Å². The number of nitrogens with two attached hydrogens (primary N) is 1. The predicted octanol–water partition coefficient (Wildman–Crippen LogP) is 2.32. The molecular weight excluding hydrogens is 457 g/mol. The number of likely N-dealkylation sites (N-methyl/N-ethyl adjacent to an activating group) is 1. The van der Waals surface area contributed by atoms with Crippen LogP contribution >= 0.6 is 24.0 Å². The number of piperazine rings is 1. The number of nitrogens with zero attached hydrogens (tertiary/aromatic N) is 3. The maximum Gasteiger partial charge on any atom is 0.193 e. The number of halogens is 1. The standard InChI is InChI=1S/C19H33N5O2.HI/c1-5-23-8-10-24(11-9-23)14-15(2)13-21-19(20)22-17-12-16(25-3)6-7-18(17)26-4;/h6-7,12,15H,5,8-11,13-14H2,1-4H3,(H3,20,21,22);1H. The number of guanidine groups is 1. The van der Waals surface area contributed by atoms with Crippen molar-refractivity contribution < 1.29 is 9.47 Å². The summed E-state index contributed by atoms with van der Waals surface area (Å²) >= 11 is 0. The fourth-order valence-electron chi connectivity index (χ4n) is 3.13. The Morgan fingerprint density at radius 3 is 2.44 bits per heavy atom. The number of aliphatic imine (C=N–C) groups is 1. The van der Waals surface area contributed by atoms with Crippen molar-refractivity contribution in [1.29, 1.82) is 0 Å². The second kappa shape index (κ2) is 12.2. The predicted molar refractivity (Wildman–Crippen MR) is 123 cm³/mol. The number of anilines is 1. The number of ether oxygens (including phenoxy) is 2. The number of benzene rings is 1. The first-order valence-electron chi connectivity index (χ1n) is 9.29. The van der Waals surface area contributed by atoms with Crippen LogP contribution in [-0.2, 0) is 0 Å². The van der Waals surface area contributed by atoms with Crippen LogP contribution in [0.4, 0.5) is 5.69 Å². The van der Waals surface area contributed by atoms with Crippen molar-refractivity contribution in [3.05, 3.63) is 18.2 Å². The van der Waals surface area contributed by atoms with Gasteiger partial charge in [-0.2, -0.15) is 0 Å². The second-order valence-corrected chi connectivity index (χ2v) is 6.76. The van der Waals surface area contributed by atoms with Crippen LogP contribution in [0.25, 0.3) is 0 Å². The minimum Gasteiger partial charge on any atom is -0.497 e. The third-order valence-corrected chi connectivity index (χ3v) is 4.72. The van der Waals surface area contributed by atoms with Gasteiger partial charge < -0.3 is 30.3 Å². The zero-order valence-corrected chi connectivity index (χ0v) is 19.2. The van der Waals surface area contributed by atoms with Crippen molar-refractivity contribution in [3.8, 4) is 11.5 Å². The summed E-state index contributed by atoms with van der Waals surface area (Å²) in [6, 6.07) is 5.53. The number of hydrogen-bond acceptors (Lipinski definition) is 5. The molecule has 0 aliphatic carbocycles. The Labute approximate surface area is 180 Å². The molecule has 1 saturated heterocycles. The fraction of sp³-hybridized carbons (Fsp3) is 0.632. The van der Waals surface area contributed by atoms with Crippen LogP contribution in [0.3, 0.4) is 0 Å². The maximum absolute atomic E-state index is 6.06. The topological polar surface area (TPSA) is 75.4 Å². The molecule has 1 atom stereocenters. The van der Waals surface area contributed by atoms with Crippen LogP contribution in [0.5, 0.6) is 11.5 Å². The van der Waals surface area contributed by atoms with E-state index in [-0.39, 0.29) is 24.0 Å². The molecule has 1 aromatic rings. The average Bonchev–Trinajstić information content (AvgIpc) is 2.67.